The van der Waals surface area contributed by atoms with Gasteiger partial charge in [0.15, 0.2) is 5.82 Å². The zero-order valence-corrected chi connectivity index (χ0v) is 11.1. The van der Waals surface area contributed by atoms with Crippen LogP contribution in [-0.2, 0) is 13.5 Å². The minimum Gasteiger partial charge on any atom is -0.271 e. The minimum absolute atomic E-state index is 0.286. The Hall–Kier alpha value is -0.610. The van der Waals surface area contributed by atoms with Crippen LogP contribution in [0.2, 0.25) is 0 Å². The van der Waals surface area contributed by atoms with Crippen molar-refractivity contribution in [1.29, 1.82) is 0 Å². The Kier molecular flexibility index (Phi) is 3.50. The van der Waals surface area contributed by atoms with Gasteiger partial charge in [0.2, 0.25) is 0 Å². The molecule has 2 rings (SSSR count). The van der Waals surface area contributed by atoms with Crippen LogP contribution < -0.4 is 0 Å². The van der Waals surface area contributed by atoms with Crippen molar-refractivity contribution < 1.29 is 4.39 Å². The van der Waals surface area contributed by atoms with E-state index in [1.807, 2.05) is 7.05 Å². The summed E-state index contributed by atoms with van der Waals surface area (Å²) >= 11 is 9.11. The molecule has 5 heteroatoms. The third kappa shape index (κ3) is 1.96. The highest BCUT2D eigenvalue weighted by Gasteiger charge is 2.14. The second-order valence-corrected chi connectivity index (χ2v) is 4.85. The quantitative estimate of drug-likeness (QED) is 0.792. The molecule has 0 saturated carbocycles. The van der Waals surface area contributed by atoms with Gasteiger partial charge in [-0.05, 0) is 25.0 Å². The van der Waals surface area contributed by atoms with Gasteiger partial charge in [-0.15, -0.1) is 11.6 Å². The van der Waals surface area contributed by atoms with Crippen LogP contribution in [0.3, 0.4) is 0 Å². The Labute approximate surface area is 107 Å². The maximum absolute atomic E-state index is 13.6. The Balaban J connectivity index is 2.63. The summed E-state index contributed by atoms with van der Waals surface area (Å²) in [4.78, 5) is 0. The summed E-state index contributed by atoms with van der Waals surface area (Å²) in [6.45, 7) is 0. The van der Waals surface area contributed by atoms with Gasteiger partial charge in [-0.25, -0.2) is 4.39 Å². The second kappa shape index (κ2) is 4.72. The van der Waals surface area contributed by atoms with Crippen LogP contribution in [-0.4, -0.2) is 15.7 Å². The summed E-state index contributed by atoms with van der Waals surface area (Å²) in [7, 11) is 1.83. The Morgan fingerprint density at radius 2 is 2.25 bits per heavy atom. The summed E-state index contributed by atoms with van der Waals surface area (Å²) in [6, 6.07) is 3.13. The standard InChI is InChI=1S/C11H11BrClFN2/c1-16-9(3-2-6-13)10-7(12)4-5-8(14)11(10)15-16/h4-5H,2-3,6H2,1H3. The number of halogens is 3. The van der Waals surface area contributed by atoms with Crippen molar-refractivity contribution in [3.05, 3.63) is 28.1 Å². The lowest BCUT2D eigenvalue weighted by Crippen LogP contribution is -1.98. The highest BCUT2D eigenvalue weighted by molar-refractivity contribution is 9.10. The lowest BCUT2D eigenvalue weighted by molar-refractivity contribution is 0.630. The molecule has 0 unspecified atom stereocenters. The molecule has 0 aliphatic rings. The summed E-state index contributed by atoms with van der Waals surface area (Å²) < 4.78 is 16.2. The predicted molar refractivity (Wildman–Crippen MR) is 67.4 cm³/mol. The maximum Gasteiger partial charge on any atom is 0.151 e. The molecule has 2 nitrogen and oxygen atoms in total. The van der Waals surface area contributed by atoms with E-state index in [2.05, 4.69) is 21.0 Å². The zero-order chi connectivity index (χ0) is 11.7. The fourth-order valence-corrected chi connectivity index (χ4v) is 2.49. The average Bonchev–Trinajstić information content (AvgIpc) is 2.59. The van der Waals surface area contributed by atoms with Crippen LogP contribution >= 0.6 is 27.5 Å². The van der Waals surface area contributed by atoms with E-state index in [9.17, 15) is 4.39 Å². The predicted octanol–water partition coefficient (Wildman–Crippen LogP) is 3.65. The molecule has 0 fully saturated rings. The van der Waals surface area contributed by atoms with Crippen molar-refractivity contribution >= 4 is 38.4 Å². The van der Waals surface area contributed by atoms with Gasteiger partial charge in [-0.1, -0.05) is 15.9 Å². The molecule has 0 spiro atoms. The molecule has 1 aromatic carbocycles. The topological polar surface area (TPSA) is 17.8 Å². The Bertz CT molecular complexity index is 524. The fourth-order valence-electron chi connectivity index (χ4n) is 1.81. The summed E-state index contributed by atoms with van der Waals surface area (Å²) in [6.07, 6.45) is 1.66. The molecule has 0 aliphatic heterocycles. The van der Waals surface area contributed by atoms with E-state index in [0.29, 0.717) is 11.4 Å². The SMILES string of the molecule is Cn1nc2c(F)ccc(Br)c2c1CCCCl. The third-order valence-electron chi connectivity index (χ3n) is 2.55. The molecule has 0 N–H and O–H groups in total. The molecule has 0 saturated heterocycles. The van der Waals surface area contributed by atoms with Gasteiger partial charge in [0, 0.05) is 28.5 Å². The van der Waals surface area contributed by atoms with Crippen LogP contribution in [0.5, 0.6) is 0 Å². The lowest BCUT2D eigenvalue weighted by Gasteiger charge is -2.01. The van der Waals surface area contributed by atoms with Crippen molar-refractivity contribution in [3.8, 4) is 0 Å². The highest BCUT2D eigenvalue weighted by Crippen LogP contribution is 2.29. The minimum atomic E-state index is -0.286. The number of benzene rings is 1. The molecule has 0 radical (unpaired) electrons. The second-order valence-electron chi connectivity index (χ2n) is 3.62. The van der Waals surface area contributed by atoms with Gasteiger partial charge in [0.1, 0.15) is 5.52 Å². The first kappa shape index (κ1) is 11.9. The van der Waals surface area contributed by atoms with E-state index in [1.54, 1.807) is 10.7 Å². The average molecular weight is 306 g/mol. The molecule has 16 heavy (non-hydrogen) atoms. The number of fused-ring (bicyclic) bond motifs is 1. The molecular weight excluding hydrogens is 294 g/mol. The Morgan fingerprint density at radius 1 is 1.50 bits per heavy atom. The summed E-state index contributed by atoms with van der Waals surface area (Å²) in [5, 5.41) is 5.05. The molecular formula is C11H11BrClFN2. The van der Waals surface area contributed by atoms with Gasteiger partial charge in [-0.3, -0.25) is 4.68 Å². The van der Waals surface area contributed by atoms with E-state index in [1.165, 1.54) is 6.07 Å². The normalized spacial score (nSPS) is 11.2. The number of rotatable bonds is 3. The van der Waals surface area contributed by atoms with Gasteiger partial charge in [0.05, 0.1) is 0 Å². The van der Waals surface area contributed by atoms with E-state index in [4.69, 9.17) is 11.6 Å². The van der Waals surface area contributed by atoms with Crippen LogP contribution in [0.1, 0.15) is 12.1 Å². The number of aryl methyl sites for hydroxylation is 2. The molecule has 86 valence electrons. The summed E-state index contributed by atoms with van der Waals surface area (Å²) in [5.41, 5.74) is 1.43. The van der Waals surface area contributed by atoms with Crippen molar-refractivity contribution in [3.63, 3.8) is 0 Å². The van der Waals surface area contributed by atoms with Crippen LogP contribution in [0.15, 0.2) is 16.6 Å². The molecule has 1 heterocycles. The third-order valence-corrected chi connectivity index (χ3v) is 3.48. The number of hydrogen-bond donors (Lipinski definition) is 0. The van der Waals surface area contributed by atoms with Gasteiger partial charge < -0.3 is 0 Å². The monoisotopic (exact) mass is 304 g/mol. The lowest BCUT2D eigenvalue weighted by atomic mass is 10.1. The van der Waals surface area contributed by atoms with E-state index in [-0.39, 0.29) is 5.82 Å². The first-order valence-corrected chi connectivity index (χ1v) is 6.33. The largest absolute Gasteiger partial charge is 0.271 e. The van der Waals surface area contributed by atoms with E-state index >= 15 is 0 Å². The molecule has 1 aromatic heterocycles. The van der Waals surface area contributed by atoms with Crippen molar-refractivity contribution in [2.75, 3.05) is 5.88 Å². The first-order valence-electron chi connectivity index (χ1n) is 5.00. The molecule has 0 aliphatic carbocycles. The fraction of sp³-hybridized carbons (Fsp3) is 0.364. The number of nitrogens with zero attached hydrogens (tertiary/aromatic N) is 2. The maximum atomic E-state index is 13.6. The number of hydrogen-bond acceptors (Lipinski definition) is 1. The van der Waals surface area contributed by atoms with E-state index in [0.717, 1.165) is 28.4 Å². The zero-order valence-electron chi connectivity index (χ0n) is 8.80. The highest BCUT2D eigenvalue weighted by atomic mass is 79.9. The van der Waals surface area contributed by atoms with Gasteiger partial charge in [0.25, 0.3) is 0 Å². The van der Waals surface area contributed by atoms with E-state index < -0.39 is 0 Å². The first-order chi connectivity index (χ1) is 7.65. The number of aromatic nitrogens is 2. The molecule has 0 amide bonds. The van der Waals surface area contributed by atoms with Gasteiger partial charge >= 0.3 is 0 Å². The summed E-state index contributed by atoms with van der Waals surface area (Å²) in [5.74, 6) is 0.311. The number of alkyl halides is 1. The van der Waals surface area contributed by atoms with Crippen molar-refractivity contribution in [1.82, 2.24) is 9.78 Å². The molecule has 0 atom stereocenters. The molecule has 2 aromatic rings. The van der Waals surface area contributed by atoms with Crippen LogP contribution in [0.4, 0.5) is 4.39 Å². The molecule has 0 bridgehead atoms. The van der Waals surface area contributed by atoms with Crippen molar-refractivity contribution in [2.45, 2.75) is 12.8 Å². The van der Waals surface area contributed by atoms with Crippen LogP contribution in [0, 0.1) is 5.82 Å². The van der Waals surface area contributed by atoms with Crippen LogP contribution in [0.25, 0.3) is 10.9 Å². The van der Waals surface area contributed by atoms with Crippen molar-refractivity contribution in [2.24, 2.45) is 7.05 Å². The Morgan fingerprint density at radius 3 is 2.94 bits per heavy atom. The van der Waals surface area contributed by atoms with Gasteiger partial charge in [-0.2, -0.15) is 5.10 Å². The smallest absolute Gasteiger partial charge is 0.151 e.